The molecule has 1 unspecified atom stereocenters. The number of rotatable bonds is 2. The lowest BCUT2D eigenvalue weighted by atomic mass is 10.1. The van der Waals surface area contributed by atoms with Gasteiger partial charge in [-0.1, -0.05) is 73.3 Å². The quantitative estimate of drug-likeness (QED) is 0.298. The van der Waals surface area contributed by atoms with Crippen LogP contribution in [0.15, 0.2) is 42.6 Å². The lowest BCUT2D eigenvalue weighted by molar-refractivity contribution is -0.137. The third kappa shape index (κ3) is 3.09. The molecule has 136 valence electrons. The maximum atomic E-state index is 13.0. The zero-order valence-corrected chi connectivity index (χ0v) is 17.6. The van der Waals surface area contributed by atoms with E-state index < -0.39 is 11.7 Å². The molecule has 2 aromatic carbocycles. The second-order valence-electron chi connectivity index (χ2n) is 6.28. The van der Waals surface area contributed by atoms with Crippen molar-refractivity contribution < 1.29 is 13.2 Å². The number of fused-ring (bicyclic) bond motifs is 1. The Hall–Kier alpha value is -0.690. The number of aromatic nitrogens is 1. The van der Waals surface area contributed by atoms with Crippen molar-refractivity contribution in [2.45, 2.75) is 21.7 Å². The van der Waals surface area contributed by atoms with Crippen molar-refractivity contribution in [1.82, 2.24) is 4.57 Å². The summed E-state index contributed by atoms with van der Waals surface area (Å²) in [5.41, 5.74) is 1.41. The van der Waals surface area contributed by atoms with Gasteiger partial charge in [-0.3, -0.25) is 0 Å². The number of hydrogen-bond donors (Lipinski definition) is 0. The van der Waals surface area contributed by atoms with E-state index in [1.807, 2.05) is 30.5 Å². The van der Waals surface area contributed by atoms with Gasteiger partial charge in [0, 0.05) is 17.5 Å². The molecule has 0 radical (unpaired) electrons. The molecule has 1 aliphatic rings. The molecule has 1 aromatic heterocycles. The molecule has 0 spiro atoms. The zero-order chi connectivity index (χ0) is 18.9. The smallest absolute Gasteiger partial charge is 0.313 e. The maximum Gasteiger partial charge on any atom is 0.416 e. The first-order valence-electron chi connectivity index (χ1n) is 7.64. The number of halogens is 7. The summed E-state index contributed by atoms with van der Waals surface area (Å²) in [6.45, 7) is 0. The molecule has 1 heterocycles. The Labute approximate surface area is 174 Å². The maximum absolute atomic E-state index is 13.0. The van der Waals surface area contributed by atoms with Gasteiger partial charge in [0.2, 0.25) is 0 Å². The van der Waals surface area contributed by atoms with Crippen molar-refractivity contribution in [1.29, 1.82) is 0 Å². The second kappa shape index (κ2) is 6.16. The normalized spacial score (nSPS) is 19.1. The molecular weight excluding hydrogens is 518 g/mol. The average molecular weight is 528 g/mol. The molecule has 0 bridgehead atoms. The lowest BCUT2D eigenvalue weighted by Crippen LogP contribution is -2.06. The molecule has 1 atom stereocenters. The van der Waals surface area contributed by atoms with E-state index in [0.29, 0.717) is 5.69 Å². The summed E-state index contributed by atoms with van der Waals surface area (Å²) in [5.74, 6) is 0.251. The Bertz CT molecular complexity index is 1000. The van der Waals surface area contributed by atoms with Crippen molar-refractivity contribution in [2.24, 2.45) is 0 Å². The number of hydrogen-bond acceptors (Lipinski definition) is 0. The van der Waals surface area contributed by atoms with Crippen LogP contribution in [0.3, 0.4) is 0 Å². The number of nitrogens with zero attached hydrogens (tertiary/aromatic N) is 1. The molecular formula is C18H10Br2Cl2F3N. The highest BCUT2D eigenvalue weighted by Gasteiger charge is 2.52. The van der Waals surface area contributed by atoms with Gasteiger partial charge in [-0.25, -0.2) is 0 Å². The van der Waals surface area contributed by atoms with Crippen LogP contribution in [0.5, 0.6) is 0 Å². The van der Waals surface area contributed by atoms with E-state index in [2.05, 4.69) is 31.9 Å². The van der Waals surface area contributed by atoms with Crippen LogP contribution in [-0.4, -0.2) is 7.80 Å². The third-order valence-corrected chi connectivity index (χ3v) is 6.86. The lowest BCUT2D eigenvalue weighted by Gasteiger charge is -2.14. The van der Waals surface area contributed by atoms with Gasteiger partial charge >= 0.3 is 6.18 Å². The van der Waals surface area contributed by atoms with Gasteiger partial charge in [0.1, 0.15) is 0 Å². The van der Waals surface area contributed by atoms with Gasteiger partial charge in [0.25, 0.3) is 0 Å². The van der Waals surface area contributed by atoms with Crippen LogP contribution in [0, 0.1) is 0 Å². The van der Waals surface area contributed by atoms with E-state index in [0.717, 1.165) is 35.0 Å². The molecule has 3 aromatic rings. The van der Waals surface area contributed by atoms with Crippen LogP contribution in [0.1, 0.15) is 23.5 Å². The fourth-order valence-electron chi connectivity index (χ4n) is 3.18. The minimum atomic E-state index is -4.50. The van der Waals surface area contributed by atoms with Gasteiger partial charge < -0.3 is 4.57 Å². The minimum Gasteiger partial charge on any atom is -0.313 e. The van der Waals surface area contributed by atoms with Crippen LogP contribution < -0.4 is 0 Å². The molecule has 1 saturated carbocycles. The van der Waals surface area contributed by atoms with Crippen LogP contribution in [0.2, 0.25) is 10.0 Å². The largest absolute Gasteiger partial charge is 0.416 e. The first-order valence-corrected chi connectivity index (χ1v) is 9.98. The highest BCUT2D eigenvalue weighted by Crippen LogP contribution is 2.63. The van der Waals surface area contributed by atoms with E-state index in [9.17, 15) is 13.2 Å². The molecule has 0 N–H and O–H groups in total. The van der Waals surface area contributed by atoms with Gasteiger partial charge in [0.05, 0.1) is 30.0 Å². The first kappa shape index (κ1) is 18.7. The van der Waals surface area contributed by atoms with Gasteiger partial charge in [-0.15, -0.1) is 0 Å². The fraction of sp³-hybridized carbons (Fsp3) is 0.222. The SMILES string of the molecule is FC(F)(F)c1cc(Cl)c(-n2cc(C3CC3(Br)Br)c3ccccc32)c(Cl)c1. The van der Waals surface area contributed by atoms with E-state index in [1.165, 1.54) is 0 Å². The highest BCUT2D eigenvalue weighted by atomic mass is 79.9. The molecule has 8 heteroatoms. The predicted octanol–water partition coefficient (Wildman–Crippen LogP) is 7.93. The number of alkyl halides is 5. The summed E-state index contributed by atoms with van der Waals surface area (Å²) in [6.07, 6.45) is -1.69. The monoisotopic (exact) mass is 525 g/mol. The van der Waals surface area contributed by atoms with Crippen LogP contribution in [-0.2, 0) is 6.18 Å². The van der Waals surface area contributed by atoms with Crippen molar-refractivity contribution in [2.75, 3.05) is 0 Å². The molecule has 26 heavy (non-hydrogen) atoms. The van der Waals surface area contributed by atoms with Gasteiger partial charge in [-0.05, 0) is 30.2 Å². The average Bonchev–Trinajstić information content (AvgIpc) is 3.01. The van der Waals surface area contributed by atoms with Crippen LogP contribution in [0.4, 0.5) is 13.2 Å². The Morgan fingerprint density at radius 1 is 1.08 bits per heavy atom. The molecule has 1 nitrogen and oxygen atoms in total. The molecule has 0 aliphatic heterocycles. The van der Waals surface area contributed by atoms with E-state index >= 15 is 0 Å². The Morgan fingerprint density at radius 2 is 1.65 bits per heavy atom. The highest BCUT2D eigenvalue weighted by molar-refractivity contribution is 9.25. The van der Waals surface area contributed by atoms with Crippen molar-refractivity contribution in [3.63, 3.8) is 0 Å². The van der Waals surface area contributed by atoms with E-state index in [-0.39, 0.29) is 19.2 Å². The summed E-state index contributed by atoms with van der Waals surface area (Å²) in [5, 5.41) is 0.930. The molecule has 4 rings (SSSR count). The number of para-hydroxylation sites is 1. The predicted molar refractivity (Wildman–Crippen MR) is 106 cm³/mol. The van der Waals surface area contributed by atoms with Crippen molar-refractivity contribution in [3.8, 4) is 5.69 Å². The Morgan fingerprint density at radius 3 is 2.19 bits per heavy atom. The third-order valence-electron chi connectivity index (χ3n) is 4.53. The molecule has 0 saturated heterocycles. The molecule has 1 fully saturated rings. The topological polar surface area (TPSA) is 4.93 Å². The van der Waals surface area contributed by atoms with Crippen molar-refractivity contribution >= 4 is 66.0 Å². The number of benzene rings is 2. The van der Waals surface area contributed by atoms with Crippen molar-refractivity contribution in [3.05, 3.63) is 63.8 Å². The Balaban J connectivity index is 1.94. The Kier molecular flexibility index (Phi) is 4.42. The first-order chi connectivity index (χ1) is 12.1. The molecule has 0 amide bonds. The summed E-state index contributed by atoms with van der Waals surface area (Å²) in [6, 6.07) is 9.51. The summed E-state index contributed by atoms with van der Waals surface area (Å²) in [7, 11) is 0. The van der Waals surface area contributed by atoms with Crippen LogP contribution >= 0.6 is 55.1 Å². The van der Waals surface area contributed by atoms with Gasteiger partial charge in [-0.2, -0.15) is 13.2 Å². The fourth-order valence-corrected chi connectivity index (χ4v) is 4.99. The van der Waals surface area contributed by atoms with E-state index in [1.54, 1.807) is 4.57 Å². The minimum absolute atomic E-state index is 0.0446. The summed E-state index contributed by atoms with van der Waals surface area (Å²) >= 11 is 19.7. The standard InChI is InChI=1S/C18H10Br2Cl2F3N/c19-17(20)7-12(17)11-8-26(15-4-2-1-3-10(11)15)16-13(21)5-9(6-14(16)22)18(23,24)25/h1-6,8,12H,7H2. The van der Waals surface area contributed by atoms with E-state index in [4.69, 9.17) is 23.2 Å². The summed E-state index contributed by atoms with van der Waals surface area (Å²) < 4.78 is 40.6. The zero-order valence-electron chi connectivity index (χ0n) is 12.9. The second-order valence-corrected chi connectivity index (χ2v) is 11.0. The van der Waals surface area contributed by atoms with Gasteiger partial charge in [0.15, 0.2) is 0 Å². The van der Waals surface area contributed by atoms with Crippen LogP contribution in [0.25, 0.3) is 16.6 Å². The summed E-state index contributed by atoms with van der Waals surface area (Å²) in [4.78, 5) is 0. The molecule has 1 aliphatic carbocycles.